The molecule has 0 saturated carbocycles. The number of nitrogens with zero attached hydrogens (tertiary/aromatic N) is 1. The van der Waals surface area contributed by atoms with Crippen LogP contribution in [-0.4, -0.2) is 31.7 Å². The van der Waals surface area contributed by atoms with Crippen molar-refractivity contribution >= 4 is 33.0 Å². The summed E-state index contributed by atoms with van der Waals surface area (Å²) in [7, 11) is -3.40. The van der Waals surface area contributed by atoms with Crippen LogP contribution < -0.4 is 5.32 Å². The Hall–Kier alpha value is -1.70. The molecule has 2 heterocycles. The van der Waals surface area contributed by atoms with Crippen molar-refractivity contribution in [3.63, 3.8) is 0 Å². The molecule has 24 heavy (non-hydrogen) atoms. The van der Waals surface area contributed by atoms with Crippen LogP contribution in [0.25, 0.3) is 0 Å². The summed E-state index contributed by atoms with van der Waals surface area (Å²) < 4.78 is 26.8. The zero-order valence-electron chi connectivity index (χ0n) is 13.5. The molecule has 1 aliphatic heterocycles. The number of nitrogens with one attached hydrogen (secondary N) is 1. The van der Waals surface area contributed by atoms with Crippen LogP contribution in [0.3, 0.4) is 0 Å². The summed E-state index contributed by atoms with van der Waals surface area (Å²) in [6.45, 7) is 3.16. The van der Waals surface area contributed by atoms with Crippen molar-refractivity contribution in [1.82, 2.24) is 4.31 Å². The average Bonchev–Trinajstić information content (AvgIpc) is 3.21. The first-order valence-corrected chi connectivity index (χ1v) is 10.2. The van der Waals surface area contributed by atoms with Crippen LogP contribution in [0.2, 0.25) is 0 Å². The maximum atomic E-state index is 12.5. The number of amides is 1. The summed E-state index contributed by atoms with van der Waals surface area (Å²) >= 11 is 1.18. The van der Waals surface area contributed by atoms with Gasteiger partial charge in [-0.3, -0.25) is 4.79 Å². The van der Waals surface area contributed by atoms with Crippen molar-refractivity contribution in [3.8, 4) is 0 Å². The third kappa shape index (κ3) is 3.85. The molecule has 1 aliphatic rings. The minimum atomic E-state index is -3.40. The molecule has 0 atom stereocenters. The molecule has 1 saturated heterocycles. The topological polar surface area (TPSA) is 66.5 Å². The number of hydrogen-bond donors (Lipinski definition) is 1. The van der Waals surface area contributed by atoms with Gasteiger partial charge >= 0.3 is 0 Å². The first-order valence-electron chi connectivity index (χ1n) is 7.90. The molecule has 1 aromatic heterocycles. The molecule has 128 valence electrons. The number of sulfonamides is 1. The predicted octanol–water partition coefficient (Wildman–Crippen LogP) is 3.02. The van der Waals surface area contributed by atoms with E-state index in [2.05, 4.69) is 5.32 Å². The minimum Gasteiger partial charge on any atom is -0.326 e. The Kier molecular flexibility index (Phi) is 5.03. The van der Waals surface area contributed by atoms with Crippen LogP contribution in [0.5, 0.6) is 0 Å². The number of rotatable bonds is 5. The maximum absolute atomic E-state index is 12.5. The molecular weight excluding hydrogens is 344 g/mol. The van der Waals surface area contributed by atoms with E-state index in [1.165, 1.54) is 15.6 Å². The van der Waals surface area contributed by atoms with E-state index in [-0.39, 0.29) is 12.3 Å². The lowest BCUT2D eigenvalue weighted by Crippen LogP contribution is -2.27. The monoisotopic (exact) mass is 364 g/mol. The van der Waals surface area contributed by atoms with E-state index in [9.17, 15) is 13.2 Å². The number of benzene rings is 1. The Morgan fingerprint density at radius 3 is 2.46 bits per heavy atom. The second-order valence-electron chi connectivity index (χ2n) is 5.92. The van der Waals surface area contributed by atoms with Crippen LogP contribution in [0, 0.1) is 6.92 Å². The van der Waals surface area contributed by atoms with Gasteiger partial charge in [-0.1, -0.05) is 17.7 Å². The Morgan fingerprint density at radius 1 is 1.12 bits per heavy atom. The molecular formula is C17H20N2O3S2. The highest BCUT2D eigenvalue weighted by Crippen LogP contribution is 2.27. The molecule has 0 aliphatic carbocycles. The third-order valence-electron chi connectivity index (χ3n) is 3.97. The van der Waals surface area contributed by atoms with Gasteiger partial charge in [-0.05, 0) is 44.0 Å². The summed E-state index contributed by atoms with van der Waals surface area (Å²) in [6, 6.07) is 10.9. The van der Waals surface area contributed by atoms with Crippen molar-refractivity contribution < 1.29 is 13.2 Å². The van der Waals surface area contributed by atoms with Gasteiger partial charge in [0.15, 0.2) is 0 Å². The number of carbonyl (C=O) groups excluding carboxylic acids is 1. The van der Waals surface area contributed by atoms with Gasteiger partial charge in [0.25, 0.3) is 10.0 Å². The van der Waals surface area contributed by atoms with Gasteiger partial charge in [0, 0.05) is 23.7 Å². The predicted molar refractivity (Wildman–Crippen MR) is 95.8 cm³/mol. The van der Waals surface area contributed by atoms with Crippen molar-refractivity contribution in [1.29, 1.82) is 0 Å². The van der Waals surface area contributed by atoms with E-state index in [1.54, 1.807) is 12.1 Å². The van der Waals surface area contributed by atoms with E-state index >= 15 is 0 Å². The van der Waals surface area contributed by atoms with Crippen LogP contribution >= 0.6 is 11.3 Å². The Bertz CT molecular complexity index is 820. The molecule has 0 radical (unpaired) electrons. The minimum absolute atomic E-state index is 0.147. The fourth-order valence-corrected chi connectivity index (χ4v) is 5.67. The number of anilines is 1. The molecule has 1 fully saturated rings. The third-order valence-corrected chi connectivity index (χ3v) is 7.42. The largest absolute Gasteiger partial charge is 0.326 e. The lowest BCUT2D eigenvalue weighted by Gasteiger charge is -2.13. The number of carbonyl (C=O) groups is 1. The molecule has 7 heteroatoms. The Labute approximate surface area is 146 Å². The second-order valence-corrected chi connectivity index (χ2v) is 9.26. The van der Waals surface area contributed by atoms with Gasteiger partial charge in [-0.25, -0.2) is 8.42 Å². The van der Waals surface area contributed by atoms with Gasteiger partial charge in [0.1, 0.15) is 4.21 Å². The molecule has 3 rings (SSSR count). The fourth-order valence-electron chi connectivity index (χ4n) is 2.65. The molecule has 0 bridgehead atoms. The van der Waals surface area contributed by atoms with E-state index in [4.69, 9.17) is 0 Å². The standard InChI is InChI=1S/C17H20N2O3S2/c1-13-4-6-14(7-5-13)18-16(20)12-15-8-9-17(23-15)24(21,22)19-10-2-3-11-19/h4-9H,2-3,10-12H2,1H3,(H,18,20). The van der Waals surface area contributed by atoms with E-state index in [0.29, 0.717) is 17.3 Å². The van der Waals surface area contributed by atoms with Crippen molar-refractivity contribution in [3.05, 3.63) is 46.8 Å². The summed E-state index contributed by atoms with van der Waals surface area (Å²) in [5.74, 6) is -0.147. The molecule has 2 aromatic rings. The van der Waals surface area contributed by atoms with Gasteiger partial charge in [0.05, 0.1) is 6.42 Å². The highest BCUT2D eigenvalue weighted by atomic mass is 32.2. The zero-order chi connectivity index (χ0) is 17.2. The number of hydrogen-bond acceptors (Lipinski definition) is 4. The number of aryl methyl sites for hydroxylation is 1. The van der Waals surface area contributed by atoms with Crippen LogP contribution in [0.15, 0.2) is 40.6 Å². The maximum Gasteiger partial charge on any atom is 0.252 e. The smallest absolute Gasteiger partial charge is 0.252 e. The molecule has 5 nitrogen and oxygen atoms in total. The van der Waals surface area contributed by atoms with E-state index < -0.39 is 10.0 Å². The lowest BCUT2D eigenvalue weighted by atomic mass is 10.2. The van der Waals surface area contributed by atoms with Gasteiger partial charge in [-0.2, -0.15) is 4.31 Å². The van der Waals surface area contributed by atoms with Gasteiger partial charge in [0.2, 0.25) is 5.91 Å². The van der Waals surface area contributed by atoms with Crippen LogP contribution in [-0.2, 0) is 21.2 Å². The molecule has 0 spiro atoms. The summed E-state index contributed by atoms with van der Waals surface area (Å²) in [6.07, 6.45) is 2.00. The molecule has 0 unspecified atom stereocenters. The fraction of sp³-hybridized carbons (Fsp3) is 0.353. The van der Waals surface area contributed by atoms with E-state index in [1.807, 2.05) is 31.2 Å². The van der Waals surface area contributed by atoms with Gasteiger partial charge in [-0.15, -0.1) is 11.3 Å². The van der Waals surface area contributed by atoms with Crippen molar-refractivity contribution in [2.24, 2.45) is 0 Å². The summed E-state index contributed by atoms with van der Waals surface area (Å²) in [4.78, 5) is 12.9. The highest BCUT2D eigenvalue weighted by molar-refractivity contribution is 7.91. The normalized spacial score (nSPS) is 15.5. The van der Waals surface area contributed by atoms with Crippen LogP contribution in [0.4, 0.5) is 5.69 Å². The Balaban J connectivity index is 1.65. The quantitative estimate of drug-likeness (QED) is 0.887. The molecule has 1 amide bonds. The van der Waals surface area contributed by atoms with E-state index in [0.717, 1.165) is 29.0 Å². The number of thiophene rings is 1. The molecule has 1 aromatic carbocycles. The SMILES string of the molecule is Cc1ccc(NC(=O)Cc2ccc(S(=O)(=O)N3CCCC3)s2)cc1. The zero-order valence-corrected chi connectivity index (χ0v) is 15.1. The van der Waals surface area contributed by atoms with Crippen molar-refractivity contribution in [2.75, 3.05) is 18.4 Å². The van der Waals surface area contributed by atoms with Gasteiger partial charge < -0.3 is 5.32 Å². The van der Waals surface area contributed by atoms with Crippen LogP contribution in [0.1, 0.15) is 23.3 Å². The average molecular weight is 364 g/mol. The molecule has 1 N–H and O–H groups in total. The first kappa shape index (κ1) is 17.1. The summed E-state index contributed by atoms with van der Waals surface area (Å²) in [5, 5.41) is 2.83. The highest BCUT2D eigenvalue weighted by Gasteiger charge is 2.28. The second kappa shape index (κ2) is 7.04. The van der Waals surface area contributed by atoms with Crippen molar-refractivity contribution in [2.45, 2.75) is 30.4 Å². The Morgan fingerprint density at radius 2 is 1.79 bits per heavy atom. The lowest BCUT2D eigenvalue weighted by molar-refractivity contribution is -0.115. The summed E-state index contributed by atoms with van der Waals surface area (Å²) in [5.41, 5.74) is 1.87. The first-order chi connectivity index (χ1) is 11.4.